The Hall–Kier alpha value is -1.37. The van der Waals surface area contributed by atoms with Gasteiger partial charge < -0.3 is 0 Å². The average molecular weight is 199 g/mol. The van der Waals surface area contributed by atoms with Crippen LogP contribution in [0.5, 0.6) is 0 Å². The molecule has 78 valence electrons. The molecule has 2 aromatic rings. The molecule has 1 heterocycles. The third kappa shape index (κ3) is 1.74. The first-order valence-electron chi connectivity index (χ1n) is 5.49. The molecule has 15 heavy (non-hydrogen) atoms. The Balaban J connectivity index is 2.71. The Labute approximate surface area is 91.2 Å². The molecule has 0 saturated heterocycles. The zero-order valence-corrected chi connectivity index (χ0v) is 9.62. The van der Waals surface area contributed by atoms with Gasteiger partial charge in [-0.15, -0.1) is 0 Å². The Bertz CT molecular complexity index is 466. The van der Waals surface area contributed by atoms with E-state index < -0.39 is 0 Å². The molecule has 0 saturated carbocycles. The fourth-order valence-electron chi connectivity index (χ4n) is 1.83. The van der Waals surface area contributed by atoms with Crippen LogP contribution in [0, 0.1) is 0 Å². The van der Waals surface area contributed by atoms with Crippen molar-refractivity contribution in [1.82, 2.24) is 4.98 Å². The highest BCUT2D eigenvalue weighted by Crippen LogP contribution is 2.30. The maximum atomic E-state index is 4.55. The zero-order valence-electron chi connectivity index (χ0n) is 9.62. The molecule has 0 aliphatic carbocycles. The van der Waals surface area contributed by atoms with E-state index in [1.807, 2.05) is 6.20 Å². The molecule has 0 bridgehead atoms. The number of fused-ring (bicyclic) bond motifs is 1. The van der Waals surface area contributed by atoms with Crippen LogP contribution < -0.4 is 0 Å². The van der Waals surface area contributed by atoms with E-state index >= 15 is 0 Å². The first-order chi connectivity index (χ1) is 7.15. The molecule has 0 N–H and O–H groups in total. The highest BCUT2D eigenvalue weighted by Gasteiger charge is 2.21. The van der Waals surface area contributed by atoms with Crippen LogP contribution in [0.2, 0.25) is 0 Å². The molecule has 0 aliphatic heterocycles. The second-order valence-electron chi connectivity index (χ2n) is 4.62. The van der Waals surface area contributed by atoms with E-state index in [1.165, 1.54) is 16.5 Å². The van der Waals surface area contributed by atoms with Crippen molar-refractivity contribution in [3.63, 3.8) is 0 Å². The van der Waals surface area contributed by atoms with Crippen LogP contribution in [-0.2, 0) is 5.41 Å². The number of hydrogen-bond donors (Lipinski definition) is 0. The van der Waals surface area contributed by atoms with Crippen LogP contribution in [0.4, 0.5) is 0 Å². The molecular weight excluding hydrogens is 182 g/mol. The van der Waals surface area contributed by atoms with Gasteiger partial charge in [-0.1, -0.05) is 45.0 Å². The molecule has 2 rings (SSSR count). The van der Waals surface area contributed by atoms with Crippen molar-refractivity contribution in [3.8, 4) is 0 Å². The number of nitrogens with zero attached hydrogens (tertiary/aromatic N) is 1. The summed E-state index contributed by atoms with van der Waals surface area (Å²) in [6, 6.07) is 10.5. The third-order valence-corrected chi connectivity index (χ3v) is 3.20. The summed E-state index contributed by atoms with van der Waals surface area (Å²) in [6.45, 7) is 6.72. The van der Waals surface area contributed by atoms with Crippen molar-refractivity contribution in [2.75, 3.05) is 0 Å². The fourth-order valence-corrected chi connectivity index (χ4v) is 1.83. The SMILES string of the molecule is CCC(C)(C)c1nccc2ccccc12. The molecule has 1 aromatic heterocycles. The normalized spacial score (nSPS) is 11.9. The number of aromatic nitrogens is 1. The number of pyridine rings is 1. The topological polar surface area (TPSA) is 12.9 Å². The maximum Gasteiger partial charge on any atom is 0.0537 e. The van der Waals surface area contributed by atoms with Gasteiger partial charge in [0, 0.05) is 17.0 Å². The van der Waals surface area contributed by atoms with Gasteiger partial charge in [-0.25, -0.2) is 0 Å². The summed E-state index contributed by atoms with van der Waals surface area (Å²) < 4.78 is 0. The minimum Gasteiger partial charge on any atom is -0.260 e. The van der Waals surface area contributed by atoms with E-state index in [9.17, 15) is 0 Å². The van der Waals surface area contributed by atoms with Crippen molar-refractivity contribution in [2.24, 2.45) is 0 Å². The van der Waals surface area contributed by atoms with Crippen molar-refractivity contribution in [3.05, 3.63) is 42.2 Å². The summed E-state index contributed by atoms with van der Waals surface area (Å²) in [5.74, 6) is 0. The Morgan fingerprint density at radius 3 is 2.60 bits per heavy atom. The van der Waals surface area contributed by atoms with Gasteiger partial charge in [-0.05, 0) is 17.9 Å². The number of hydrogen-bond acceptors (Lipinski definition) is 1. The summed E-state index contributed by atoms with van der Waals surface area (Å²) in [4.78, 5) is 4.55. The van der Waals surface area contributed by atoms with Crippen molar-refractivity contribution in [1.29, 1.82) is 0 Å². The molecule has 1 nitrogen and oxygen atoms in total. The van der Waals surface area contributed by atoms with Gasteiger partial charge >= 0.3 is 0 Å². The smallest absolute Gasteiger partial charge is 0.0537 e. The average Bonchev–Trinajstić information content (AvgIpc) is 2.28. The van der Waals surface area contributed by atoms with E-state index in [2.05, 4.69) is 56.1 Å². The summed E-state index contributed by atoms with van der Waals surface area (Å²) >= 11 is 0. The largest absolute Gasteiger partial charge is 0.260 e. The van der Waals surface area contributed by atoms with Crippen LogP contribution in [0.25, 0.3) is 10.8 Å². The maximum absolute atomic E-state index is 4.55. The van der Waals surface area contributed by atoms with Crippen LogP contribution >= 0.6 is 0 Å². The lowest BCUT2D eigenvalue weighted by Gasteiger charge is -2.23. The van der Waals surface area contributed by atoms with Crippen molar-refractivity contribution in [2.45, 2.75) is 32.6 Å². The Kier molecular flexibility index (Phi) is 2.47. The van der Waals surface area contributed by atoms with Crippen LogP contribution in [0.15, 0.2) is 36.5 Å². The van der Waals surface area contributed by atoms with Gasteiger partial charge in [0.25, 0.3) is 0 Å². The standard InChI is InChI=1S/C14H17N/c1-4-14(2,3)13-12-8-6-5-7-11(12)9-10-15-13/h5-10H,4H2,1-3H3. The predicted octanol–water partition coefficient (Wildman–Crippen LogP) is 3.92. The molecule has 0 amide bonds. The second-order valence-corrected chi connectivity index (χ2v) is 4.62. The van der Waals surface area contributed by atoms with Crippen LogP contribution in [-0.4, -0.2) is 4.98 Å². The molecular formula is C14H17N. The summed E-state index contributed by atoms with van der Waals surface area (Å²) in [7, 11) is 0. The molecule has 0 fully saturated rings. The van der Waals surface area contributed by atoms with Gasteiger partial charge in [0.1, 0.15) is 0 Å². The zero-order chi connectivity index (χ0) is 10.9. The lowest BCUT2D eigenvalue weighted by atomic mass is 9.83. The van der Waals surface area contributed by atoms with Crippen molar-refractivity contribution < 1.29 is 0 Å². The van der Waals surface area contributed by atoms with Gasteiger partial charge in [0.05, 0.1) is 5.69 Å². The molecule has 1 heteroatoms. The highest BCUT2D eigenvalue weighted by atomic mass is 14.7. The Morgan fingerprint density at radius 2 is 1.87 bits per heavy atom. The number of benzene rings is 1. The molecule has 0 unspecified atom stereocenters. The Morgan fingerprint density at radius 1 is 1.13 bits per heavy atom. The summed E-state index contributed by atoms with van der Waals surface area (Å²) in [6.07, 6.45) is 3.02. The molecule has 1 aromatic carbocycles. The van der Waals surface area contributed by atoms with Gasteiger partial charge in [0.2, 0.25) is 0 Å². The first kappa shape index (κ1) is 10.2. The minimum atomic E-state index is 0.154. The predicted molar refractivity (Wildman–Crippen MR) is 65.1 cm³/mol. The highest BCUT2D eigenvalue weighted by molar-refractivity contribution is 5.85. The van der Waals surface area contributed by atoms with Crippen LogP contribution in [0.1, 0.15) is 32.9 Å². The van der Waals surface area contributed by atoms with Crippen LogP contribution in [0.3, 0.4) is 0 Å². The van der Waals surface area contributed by atoms with Crippen molar-refractivity contribution >= 4 is 10.8 Å². The first-order valence-corrected chi connectivity index (χ1v) is 5.49. The van der Waals surface area contributed by atoms with E-state index in [0.717, 1.165) is 6.42 Å². The van der Waals surface area contributed by atoms with E-state index in [1.54, 1.807) is 0 Å². The summed E-state index contributed by atoms with van der Waals surface area (Å²) in [5.41, 5.74) is 1.36. The molecule has 0 radical (unpaired) electrons. The summed E-state index contributed by atoms with van der Waals surface area (Å²) in [5, 5.41) is 2.57. The lowest BCUT2D eigenvalue weighted by molar-refractivity contribution is 0.495. The van der Waals surface area contributed by atoms with E-state index in [4.69, 9.17) is 0 Å². The minimum absolute atomic E-state index is 0.154. The quantitative estimate of drug-likeness (QED) is 0.714. The fraction of sp³-hybridized carbons (Fsp3) is 0.357. The lowest BCUT2D eigenvalue weighted by Crippen LogP contribution is -2.17. The van der Waals surface area contributed by atoms with E-state index in [0.29, 0.717) is 0 Å². The molecule has 0 atom stereocenters. The molecule has 0 spiro atoms. The van der Waals surface area contributed by atoms with Gasteiger partial charge in [-0.2, -0.15) is 0 Å². The second kappa shape index (κ2) is 3.65. The van der Waals surface area contributed by atoms with Gasteiger partial charge in [0.15, 0.2) is 0 Å². The monoisotopic (exact) mass is 199 g/mol. The molecule has 0 aliphatic rings. The van der Waals surface area contributed by atoms with E-state index in [-0.39, 0.29) is 5.41 Å². The third-order valence-electron chi connectivity index (χ3n) is 3.20. The number of rotatable bonds is 2. The van der Waals surface area contributed by atoms with Gasteiger partial charge in [-0.3, -0.25) is 4.98 Å².